The van der Waals surface area contributed by atoms with Crippen LogP contribution in [0.15, 0.2) is 51.1 Å². The number of methoxy groups -OCH3 is 1. The maximum atomic E-state index is 11.0. The fourth-order valence-electron chi connectivity index (χ4n) is 1.72. The van der Waals surface area contributed by atoms with Gasteiger partial charge in [0.25, 0.3) is 5.22 Å². The Morgan fingerprint density at radius 1 is 1.24 bits per heavy atom. The highest BCUT2D eigenvalue weighted by molar-refractivity contribution is 7.99. The van der Waals surface area contributed by atoms with Crippen LogP contribution in [0.1, 0.15) is 0 Å². The molecule has 0 amide bonds. The molecule has 7 nitrogen and oxygen atoms in total. The highest BCUT2D eigenvalue weighted by atomic mass is 32.2. The van der Waals surface area contributed by atoms with E-state index in [1.54, 1.807) is 12.1 Å². The summed E-state index contributed by atoms with van der Waals surface area (Å²) in [5.74, 6) is 0.291. The molecule has 2 aromatic heterocycles. The number of nitro groups is 1. The van der Waals surface area contributed by atoms with Crippen molar-refractivity contribution in [3.05, 3.63) is 46.5 Å². The number of benzene rings is 1. The van der Waals surface area contributed by atoms with E-state index in [9.17, 15) is 10.1 Å². The third-order valence-electron chi connectivity index (χ3n) is 2.68. The van der Waals surface area contributed by atoms with Gasteiger partial charge in [-0.05, 0) is 23.9 Å². The molecule has 21 heavy (non-hydrogen) atoms. The van der Waals surface area contributed by atoms with E-state index in [4.69, 9.17) is 9.15 Å². The second kappa shape index (κ2) is 5.41. The number of ether oxygens (including phenoxy) is 1. The lowest BCUT2D eigenvalue weighted by Gasteiger charge is -2.02. The molecule has 3 rings (SSSR count). The highest BCUT2D eigenvalue weighted by Crippen LogP contribution is 2.35. The van der Waals surface area contributed by atoms with Gasteiger partial charge in [-0.25, -0.2) is 4.98 Å². The zero-order valence-corrected chi connectivity index (χ0v) is 11.7. The third-order valence-corrected chi connectivity index (χ3v) is 3.52. The van der Waals surface area contributed by atoms with Crippen LogP contribution in [0.2, 0.25) is 0 Å². The Bertz CT molecular complexity index is 785. The summed E-state index contributed by atoms with van der Waals surface area (Å²) in [5, 5.41) is 11.5. The largest absolute Gasteiger partial charge is 0.481 e. The van der Waals surface area contributed by atoms with Crippen LogP contribution < -0.4 is 4.74 Å². The van der Waals surface area contributed by atoms with Crippen LogP contribution in [-0.2, 0) is 0 Å². The highest BCUT2D eigenvalue weighted by Gasteiger charge is 2.20. The second-order valence-electron chi connectivity index (χ2n) is 3.98. The van der Waals surface area contributed by atoms with Gasteiger partial charge in [0.05, 0.1) is 12.0 Å². The van der Waals surface area contributed by atoms with E-state index in [-0.39, 0.29) is 10.7 Å². The number of hydrogen-bond donors (Lipinski definition) is 0. The molecule has 106 valence electrons. The number of oxazole rings is 1. The Labute approximate surface area is 123 Å². The van der Waals surface area contributed by atoms with Gasteiger partial charge in [0.1, 0.15) is 5.52 Å². The van der Waals surface area contributed by atoms with Crippen LogP contribution in [-0.4, -0.2) is 22.0 Å². The molecule has 0 aliphatic heterocycles. The SMILES string of the molecule is COc1ccc([N+](=O)[O-])c(Sc2nc3ccccc3o2)n1. The smallest absolute Gasteiger partial charge is 0.302 e. The minimum Gasteiger partial charge on any atom is -0.481 e. The summed E-state index contributed by atoms with van der Waals surface area (Å²) in [6.45, 7) is 0. The van der Waals surface area contributed by atoms with E-state index in [1.807, 2.05) is 12.1 Å². The van der Waals surface area contributed by atoms with Crippen LogP contribution in [0.4, 0.5) is 5.69 Å². The van der Waals surface area contributed by atoms with Crippen LogP contribution in [0, 0.1) is 10.1 Å². The van der Waals surface area contributed by atoms with E-state index < -0.39 is 4.92 Å². The van der Waals surface area contributed by atoms with Crippen LogP contribution >= 0.6 is 11.8 Å². The van der Waals surface area contributed by atoms with Crippen molar-refractivity contribution in [1.82, 2.24) is 9.97 Å². The van der Waals surface area contributed by atoms with Crippen molar-refractivity contribution in [2.24, 2.45) is 0 Å². The van der Waals surface area contributed by atoms with E-state index in [2.05, 4.69) is 9.97 Å². The van der Waals surface area contributed by atoms with Gasteiger partial charge < -0.3 is 9.15 Å². The molecule has 0 atom stereocenters. The molecule has 0 saturated carbocycles. The minimum atomic E-state index is -0.503. The molecule has 0 unspecified atom stereocenters. The molecule has 8 heteroatoms. The molecule has 0 fully saturated rings. The van der Waals surface area contributed by atoms with Crippen molar-refractivity contribution >= 4 is 28.5 Å². The zero-order valence-electron chi connectivity index (χ0n) is 10.8. The molecule has 0 saturated heterocycles. The summed E-state index contributed by atoms with van der Waals surface area (Å²) in [4.78, 5) is 18.9. The zero-order chi connectivity index (χ0) is 14.8. The molecule has 0 aliphatic carbocycles. The first kappa shape index (κ1) is 13.4. The lowest BCUT2D eigenvalue weighted by Crippen LogP contribution is -1.95. The van der Waals surface area contributed by atoms with E-state index >= 15 is 0 Å². The summed E-state index contributed by atoms with van der Waals surface area (Å²) in [6, 6.07) is 10.0. The summed E-state index contributed by atoms with van der Waals surface area (Å²) < 4.78 is 10.5. The van der Waals surface area contributed by atoms with Crippen molar-refractivity contribution in [2.45, 2.75) is 10.2 Å². The van der Waals surface area contributed by atoms with E-state index in [0.29, 0.717) is 22.2 Å². The lowest BCUT2D eigenvalue weighted by molar-refractivity contribution is -0.388. The first-order valence-corrected chi connectivity index (χ1v) is 6.72. The van der Waals surface area contributed by atoms with Crippen molar-refractivity contribution in [2.75, 3.05) is 7.11 Å². The number of rotatable bonds is 4. The molecule has 3 aromatic rings. The predicted molar refractivity (Wildman–Crippen MR) is 75.6 cm³/mol. The van der Waals surface area contributed by atoms with Gasteiger partial charge in [0.2, 0.25) is 5.88 Å². The Kier molecular flexibility index (Phi) is 3.44. The Balaban J connectivity index is 2.01. The topological polar surface area (TPSA) is 91.3 Å². The van der Waals surface area contributed by atoms with Crippen LogP contribution in [0.25, 0.3) is 11.1 Å². The van der Waals surface area contributed by atoms with Crippen molar-refractivity contribution in [1.29, 1.82) is 0 Å². The van der Waals surface area contributed by atoms with Gasteiger partial charge in [-0.15, -0.1) is 0 Å². The minimum absolute atomic E-state index is 0.122. The number of pyridine rings is 1. The van der Waals surface area contributed by atoms with Gasteiger partial charge in [0.15, 0.2) is 10.6 Å². The van der Waals surface area contributed by atoms with Crippen molar-refractivity contribution in [3.8, 4) is 5.88 Å². The fourth-order valence-corrected chi connectivity index (χ4v) is 2.54. The second-order valence-corrected chi connectivity index (χ2v) is 4.92. The molecule has 0 bridgehead atoms. The number of fused-ring (bicyclic) bond motifs is 1. The molecule has 0 radical (unpaired) electrons. The standard InChI is InChI=1S/C13H9N3O4S/c1-19-11-7-6-9(16(17)18)12(15-11)21-13-14-8-4-2-3-5-10(8)20-13/h2-7H,1H3. The van der Waals surface area contributed by atoms with Crippen molar-refractivity contribution in [3.63, 3.8) is 0 Å². The van der Waals surface area contributed by atoms with Crippen molar-refractivity contribution < 1.29 is 14.1 Å². The number of nitrogens with zero attached hydrogens (tertiary/aromatic N) is 3. The number of hydrogen-bond acceptors (Lipinski definition) is 7. The average Bonchev–Trinajstić information content (AvgIpc) is 2.89. The fraction of sp³-hybridized carbons (Fsp3) is 0.0769. The van der Waals surface area contributed by atoms with Crippen LogP contribution in [0.5, 0.6) is 5.88 Å². The quantitative estimate of drug-likeness (QED) is 0.539. The lowest BCUT2D eigenvalue weighted by atomic mass is 10.3. The Morgan fingerprint density at radius 2 is 2.05 bits per heavy atom. The molecule has 1 aromatic carbocycles. The number of aromatic nitrogens is 2. The van der Waals surface area contributed by atoms with E-state index in [1.165, 1.54) is 19.2 Å². The predicted octanol–water partition coefficient (Wildman–Crippen LogP) is 3.29. The van der Waals surface area contributed by atoms with Gasteiger partial charge in [-0.3, -0.25) is 10.1 Å². The van der Waals surface area contributed by atoms with Crippen LogP contribution in [0.3, 0.4) is 0 Å². The monoisotopic (exact) mass is 303 g/mol. The summed E-state index contributed by atoms with van der Waals surface area (Å²) in [6.07, 6.45) is 0. The van der Waals surface area contributed by atoms with Gasteiger partial charge in [-0.2, -0.15) is 4.98 Å². The molecular formula is C13H9N3O4S. The summed E-state index contributed by atoms with van der Waals surface area (Å²) >= 11 is 0.987. The number of para-hydroxylation sites is 2. The molecule has 0 aliphatic rings. The molecule has 0 spiro atoms. The maximum absolute atomic E-state index is 11.0. The maximum Gasteiger partial charge on any atom is 0.302 e. The summed E-state index contributed by atoms with van der Waals surface area (Å²) in [7, 11) is 1.45. The average molecular weight is 303 g/mol. The third kappa shape index (κ3) is 2.65. The first-order valence-electron chi connectivity index (χ1n) is 5.90. The Hall–Kier alpha value is -2.61. The molecular weight excluding hydrogens is 294 g/mol. The first-order chi connectivity index (χ1) is 10.2. The summed E-state index contributed by atoms with van der Waals surface area (Å²) in [5.41, 5.74) is 1.18. The normalized spacial score (nSPS) is 10.7. The molecule has 2 heterocycles. The van der Waals surface area contributed by atoms with Gasteiger partial charge in [0, 0.05) is 12.1 Å². The molecule has 0 N–H and O–H groups in total. The van der Waals surface area contributed by atoms with Gasteiger partial charge in [-0.1, -0.05) is 12.1 Å². The van der Waals surface area contributed by atoms with E-state index in [0.717, 1.165) is 11.8 Å². The Morgan fingerprint density at radius 3 is 2.76 bits per heavy atom. The van der Waals surface area contributed by atoms with Gasteiger partial charge >= 0.3 is 5.69 Å².